The maximum absolute atomic E-state index is 6.53. The van der Waals surface area contributed by atoms with Crippen LogP contribution >= 0.6 is 0 Å². The first-order valence-electron chi connectivity index (χ1n) is 14.5. The van der Waals surface area contributed by atoms with Crippen molar-refractivity contribution < 1.29 is 13.3 Å². The summed E-state index contributed by atoms with van der Waals surface area (Å²) in [6, 6.07) is 0.953. The van der Waals surface area contributed by atoms with Gasteiger partial charge >= 0.3 is 8.80 Å². The van der Waals surface area contributed by atoms with Crippen LogP contribution in [0.5, 0.6) is 0 Å². The standard InChI is InChI=1S/C28H60O3Si/c1-6-9-12-15-18-21-24-29-32(27-28(4)5,30-25-22-19-16-13-10-7-2)31-26-23-20-17-14-11-8-3/h28H,6-27H2,1-5H3. The summed E-state index contributed by atoms with van der Waals surface area (Å²) in [5.74, 6) is 0.542. The highest BCUT2D eigenvalue weighted by Gasteiger charge is 2.41. The molecule has 32 heavy (non-hydrogen) atoms. The highest BCUT2D eigenvalue weighted by Crippen LogP contribution is 2.24. The lowest BCUT2D eigenvalue weighted by Crippen LogP contribution is -2.47. The third-order valence-corrected chi connectivity index (χ3v) is 9.37. The summed E-state index contributed by atoms with van der Waals surface area (Å²) in [6.45, 7) is 13.8. The van der Waals surface area contributed by atoms with E-state index in [1.54, 1.807) is 0 Å². The molecule has 0 saturated heterocycles. The van der Waals surface area contributed by atoms with E-state index in [-0.39, 0.29) is 0 Å². The number of unbranched alkanes of at least 4 members (excludes halogenated alkanes) is 15. The zero-order chi connectivity index (χ0) is 23.8. The maximum atomic E-state index is 6.53. The lowest BCUT2D eigenvalue weighted by Gasteiger charge is -2.31. The topological polar surface area (TPSA) is 27.7 Å². The van der Waals surface area contributed by atoms with Crippen molar-refractivity contribution in [2.24, 2.45) is 5.92 Å². The van der Waals surface area contributed by atoms with Crippen LogP contribution in [0.1, 0.15) is 150 Å². The van der Waals surface area contributed by atoms with Gasteiger partial charge in [0.25, 0.3) is 0 Å². The van der Waals surface area contributed by atoms with Crippen LogP contribution in [-0.2, 0) is 13.3 Å². The Balaban J connectivity index is 4.55. The lowest BCUT2D eigenvalue weighted by molar-refractivity contribution is 0.0524. The van der Waals surface area contributed by atoms with Crippen LogP contribution < -0.4 is 0 Å². The van der Waals surface area contributed by atoms with E-state index in [4.69, 9.17) is 13.3 Å². The quantitative estimate of drug-likeness (QED) is 0.0925. The predicted molar refractivity (Wildman–Crippen MR) is 143 cm³/mol. The Morgan fingerprint density at radius 1 is 0.438 bits per heavy atom. The molecule has 0 N–H and O–H groups in total. The van der Waals surface area contributed by atoms with E-state index < -0.39 is 8.80 Å². The smallest absolute Gasteiger partial charge is 0.373 e. The normalized spacial score (nSPS) is 12.2. The fourth-order valence-electron chi connectivity index (χ4n) is 4.13. The first-order chi connectivity index (χ1) is 15.6. The highest BCUT2D eigenvalue weighted by atomic mass is 28.4. The average molecular weight is 473 g/mol. The average Bonchev–Trinajstić information content (AvgIpc) is 2.77. The Kier molecular flexibility index (Phi) is 24.3. The van der Waals surface area contributed by atoms with Crippen LogP contribution in [0.2, 0.25) is 6.04 Å². The Labute approximate surface area is 204 Å². The number of hydrogen-bond acceptors (Lipinski definition) is 3. The van der Waals surface area contributed by atoms with Crippen molar-refractivity contribution in [3.63, 3.8) is 0 Å². The minimum absolute atomic E-state index is 0.542. The molecule has 0 heterocycles. The third kappa shape index (κ3) is 20.7. The summed E-state index contributed by atoms with van der Waals surface area (Å²) in [4.78, 5) is 0. The molecule has 0 atom stereocenters. The molecule has 0 spiro atoms. The molecule has 0 saturated carbocycles. The molecule has 0 aliphatic rings. The SMILES string of the molecule is CCCCCCCCO[Si](CC(C)C)(OCCCCCCCC)OCCCCCCCC. The molecule has 0 radical (unpaired) electrons. The van der Waals surface area contributed by atoms with E-state index in [9.17, 15) is 0 Å². The van der Waals surface area contributed by atoms with Crippen molar-refractivity contribution in [2.75, 3.05) is 19.8 Å². The summed E-state index contributed by atoms with van der Waals surface area (Å²) in [7, 11) is -2.58. The van der Waals surface area contributed by atoms with E-state index in [1.807, 2.05) is 0 Å². The highest BCUT2D eigenvalue weighted by molar-refractivity contribution is 6.60. The first-order valence-corrected chi connectivity index (χ1v) is 16.4. The van der Waals surface area contributed by atoms with Crippen LogP contribution in [0, 0.1) is 5.92 Å². The van der Waals surface area contributed by atoms with E-state index in [0.717, 1.165) is 45.1 Å². The monoisotopic (exact) mass is 472 g/mol. The van der Waals surface area contributed by atoms with E-state index in [2.05, 4.69) is 34.6 Å². The zero-order valence-electron chi connectivity index (χ0n) is 22.9. The molecule has 0 unspecified atom stereocenters. The fourth-order valence-corrected chi connectivity index (χ4v) is 7.10. The van der Waals surface area contributed by atoms with Crippen molar-refractivity contribution in [3.05, 3.63) is 0 Å². The molecule has 194 valence electrons. The molecule has 0 aliphatic heterocycles. The summed E-state index contributed by atoms with van der Waals surface area (Å²) >= 11 is 0. The van der Waals surface area contributed by atoms with Gasteiger partial charge in [-0.1, -0.05) is 131 Å². The van der Waals surface area contributed by atoms with Gasteiger partial charge in [0.1, 0.15) is 0 Å². The summed E-state index contributed by atoms with van der Waals surface area (Å²) in [5.41, 5.74) is 0. The molecule has 0 fully saturated rings. The zero-order valence-corrected chi connectivity index (χ0v) is 23.9. The maximum Gasteiger partial charge on any atom is 0.501 e. The fraction of sp³-hybridized carbons (Fsp3) is 1.00. The van der Waals surface area contributed by atoms with Gasteiger partial charge in [0, 0.05) is 25.9 Å². The van der Waals surface area contributed by atoms with Gasteiger partial charge in [-0.15, -0.1) is 0 Å². The van der Waals surface area contributed by atoms with Crippen LogP contribution in [0.25, 0.3) is 0 Å². The third-order valence-electron chi connectivity index (χ3n) is 6.12. The van der Waals surface area contributed by atoms with Crippen LogP contribution in [0.4, 0.5) is 0 Å². The molecule has 0 amide bonds. The molecule has 0 bridgehead atoms. The molecule has 0 aromatic heterocycles. The Morgan fingerprint density at radius 3 is 1.00 bits per heavy atom. The lowest BCUT2D eigenvalue weighted by atomic mass is 10.1. The first kappa shape index (κ1) is 32.1. The van der Waals surface area contributed by atoms with Crippen LogP contribution in [0.15, 0.2) is 0 Å². The second kappa shape index (κ2) is 24.2. The van der Waals surface area contributed by atoms with Crippen molar-refractivity contribution in [1.29, 1.82) is 0 Å². The molecule has 4 heteroatoms. The van der Waals surface area contributed by atoms with E-state index in [1.165, 1.54) is 96.3 Å². The van der Waals surface area contributed by atoms with Gasteiger partial charge in [0.15, 0.2) is 0 Å². The number of hydrogen-bond donors (Lipinski definition) is 0. The molecular formula is C28H60O3Si. The predicted octanol–water partition coefficient (Wildman–Crippen LogP) is 9.71. The summed E-state index contributed by atoms with van der Waals surface area (Å²) in [6.07, 6.45) is 23.2. The van der Waals surface area contributed by atoms with Gasteiger partial charge in [-0.2, -0.15) is 0 Å². The molecular weight excluding hydrogens is 412 g/mol. The van der Waals surface area contributed by atoms with Crippen LogP contribution in [0.3, 0.4) is 0 Å². The van der Waals surface area contributed by atoms with Crippen molar-refractivity contribution in [2.45, 2.75) is 156 Å². The summed E-state index contributed by atoms with van der Waals surface area (Å²) < 4.78 is 19.6. The van der Waals surface area contributed by atoms with Crippen LogP contribution in [-0.4, -0.2) is 28.6 Å². The van der Waals surface area contributed by atoms with E-state index >= 15 is 0 Å². The minimum atomic E-state index is -2.58. The van der Waals surface area contributed by atoms with Gasteiger partial charge in [-0.3, -0.25) is 0 Å². The molecule has 3 nitrogen and oxygen atoms in total. The van der Waals surface area contributed by atoms with Gasteiger partial charge in [-0.05, 0) is 25.2 Å². The molecule has 0 aromatic rings. The largest absolute Gasteiger partial charge is 0.501 e. The Bertz CT molecular complexity index is 317. The van der Waals surface area contributed by atoms with Crippen molar-refractivity contribution in [3.8, 4) is 0 Å². The summed E-state index contributed by atoms with van der Waals surface area (Å²) in [5, 5.41) is 0. The van der Waals surface area contributed by atoms with Gasteiger partial charge in [0.2, 0.25) is 0 Å². The van der Waals surface area contributed by atoms with Gasteiger partial charge in [-0.25, -0.2) is 0 Å². The van der Waals surface area contributed by atoms with Gasteiger partial charge in [0.05, 0.1) is 0 Å². The molecule has 0 aliphatic carbocycles. The molecule has 0 rings (SSSR count). The Morgan fingerprint density at radius 2 is 0.719 bits per heavy atom. The minimum Gasteiger partial charge on any atom is -0.373 e. The number of rotatable bonds is 26. The second-order valence-corrected chi connectivity index (χ2v) is 12.8. The van der Waals surface area contributed by atoms with Crippen molar-refractivity contribution >= 4 is 8.80 Å². The van der Waals surface area contributed by atoms with Gasteiger partial charge < -0.3 is 13.3 Å². The van der Waals surface area contributed by atoms with E-state index in [0.29, 0.717) is 5.92 Å². The molecule has 0 aromatic carbocycles. The second-order valence-electron chi connectivity index (χ2n) is 10.1. The Hall–Kier alpha value is 0.0969. The van der Waals surface area contributed by atoms with Crippen molar-refractivity contribution in [1.82, 2.24) is 0 Å².